The predicted octanol–water partition coefficient (Wildman–Crippen LogP) is 9.82. The van der Waals surface area contributed by atoms with Gasteiger partial charge < -0.3 is 24.5 Å². The Morgan fingerprint density at radius 1 is 0.616 bits per heavy atom. The Bertz CT molecular complexity index is 4090. The van der Waals surface area contributed by atoms with Crippen molar-refractivity contribution in [3.05, 3.63) is 171 Å². The third kappa shape index (κ3) is 12.0. The molecule has 2 saturated heterocycles. The summed E-state index contributed by atoms with van der Waals surface area (Å²) in [5.41, 5.74) is 4.68. The average molecular weight is 1170 g/mol. The summed E-state index contributed by atoms with van der Waals surface area (Å²) < 4.78 is 48.7. The van der Waals surface area contributed by atoms with Gasteiger partial charge in [0.15, 0.2) is 17.1 Å². The molecule has 0 radical (unpaired) electrons. The van der Waals surface area contributed by atoms with Crippen LogP contribution in [-0.4, -0.2) is 142 Å². The van der Waals surface area contributed by atoms with E-state index in [4.69, 9.17) is 9.97 Å². The molecule has 8 aromatic rings. The zero-order valence-electron chi connectivity index (χ0n) is 51.0. The highest BCUT2D eigenvalue weighted by Crippen LogP contribution is 2.37. The van der Waals surface area contributed by atoms with Crippen molar-refractivity contribution in [2.24, 2.45) is 0 Å². The van der Waals surface area contributed by atoms with E-state index in [1.54, 1.807) is 65.5 Å². The van der Waals surface area contributed by atoms with E-state index in [0.717, 1.165) is 16.8 Å². The van der Waals surface area contributed by atoms with Gasteiger partial charge in [0, 0.05) is 86.5 Å². The first-order chi connectivity index (χ1) is 40.9. The van der Waals surface area contributed by atoms with Crippen molar-refractivity contribution in [3.8, 4) is 33.9 Å². The standard InChI is InChI=1S/C34H39F2N7O2.C31H34FN7O2/c1-20(2)29-31(21(3)14-15-37-29)43-33-25(17-27(36)30(38-33)24-11-8-9-12-26(24)35)32(39-34(43)45)42-19-22(4)41(18-23(42)5)28(44)13-10-16-40(6)7;1-8-24(40)37-15-20(6)38(16-19(37)5)29-27-30(35-26(21(7)34-27)22-11-9-10-12-23(22)32)39(31(41)36-29)28-18(4)13-14-33-25(28)17(2)3/h8-15,17,20,22-23H,16,18-19H2,1-7H3;8-14,17,19-20H,1,15-16H2,2-7H3/b13-10-;. The molecular formula is C65H73F3N14O4. The van der Waals surface area contributed by atoms with Crippen LogP contribution in [0.15, 0.2) is 114 Å². The summed E-state index contributed by atoms with van der Waals surface area (Å²) >= 11 is 0. The lowest BCUT2D eigenvalue weighted by molar-refractivity contribution is -0.129. The number of benzene rings is 2. The van der Waals surface area contributed by atoms with Crippen LogP contribution in [0.4, 0.5) is 24.8 Å². The maximum Gasteiger partial charge on any atom is 0.356 e. The molecule has 4 unspecified atom stereocenters. The summed E-state index contributed by atoms with van der Waals surface area (Å²) in [6.45, 7) is 27.2. The van der Waals surface area contributed by atoms with Gasteiger partial charge in [-0.15, -0.1) is 0 Å². The molecule has 18 nitrogen and oxygen atoms in total. The Labute approximate surface area is 498 Å². The topological polar surface area (TPSA) is 185 Å². The molecule has 86 heavy (non-hydrogen) atoms. The molecule has 21 heteroatoms. The van der Waals surface area contributed by atoms with Crippen molar-refractivity contribution in [3.63, 3.8) is 0 Å². The largest absolute Gasteiger partial charge is 0.356 e. The van der Waals surface area contributed by atoms with Gasteiger partial charge in [0.25, 0.3) is 0 Å². The molecule has 0 aliphatic carbocycles. The van der Waals surface area contributed by atoms with E-state index in [0.29, 0.717) is 83.5 Å². The number of hydrogen-bond donors (Lipinski definition) is 0. The quantitative estimate of drug-likeness (QED) is 0.105. The van der Waals surface area contributed by atoms with Crippen LogP contribution in [0.25, 0.3) is 56.1 Å². The number of aromatic nitrogens is 9. The number of carbonyl (C=O) groups is 2. The normalized spacial score (nSPS) is 17.3. The summed E-state index contributed by atoms with van der Waals surface area (Å²) in [5, 5.41) is 0.301. The van der Waals surface area contributed by atoms with Crippen molar-refractivity contribution in [2.45, 2.75) is 112 Å². The first-order valence-electron chi connectivity index (χ1n) is 28.9. The number of hydrogen-bond acceptors (Lipinski definition) is 14. The number of halogens is 3. The second-order valence-corrected chi connectivity index (χ2v) is 23.2. The molecule has 4 atom stereocenters. The molecule has 2 aliphatic rings. The van der Waals surface area contributed by atoms with E-state index in [1.165, 1.54) is 45.5 Å². The van der Waals surface area contributed by atoms with Crippen LogP contribution in [0.2, 0.25) is 0 Å². The monoisotopic (exact) mass is 1170 g/mol. The van der Waals surface area contributed by atoms with Gasteiger partial charge in [-0.05, 0) is 134 Å². The number of rotatable bonds is 12. The van der Waals surface area contributed by atoms with Crippen molar-refractivity contribution >= 4 is 45.6 Å². The second kappa shape index (κ2) is 25.3. The van der Waals surface area contributed by atoms with E-state index in [2.05, 4.69) is 31.5 Å². The fourth-order valence-corrected chi connectivity index (χ4v) is 11.4. The maximum atomic E-state index is 15.9. The fourth-order valence-electron chi connectivity index (χ4n) is 11.4. The summed E-state index contributed by atoms with van der Waals surface area (Å²) in [6, 6.07) is 16.3. The fraction of sp³-hybridized carbons (Fsp3) is 0.369. The molecule has 0 spiro atoms. The van der Waals surface area contributed by atoms with Crippen LogP contribution in [0.1, 0.15) is 95.4 Å². The third-order valence-corrected chi connectivity index (χ3v) is 15.8. The number of carbonyl (C=O) groups excluding carboxylic acids is 2. The van der Waals surface area contributed by atoms with Crippen molar-refractivity contribution < 1.29 is 22.8 Å². The Balaban J connectivity index is 0.000000206. The van der Waals surface area contributed by atoms with Gasteiger partial charge >= 0.3 is 11.4 Å². The molecule has 2 aromatic carbocycles. The molecule has 0 saturated carbocycles. The van der Waals surface area contributed by atoms with Gasteiger partial charge in [-0.1, -0.05) is 64.6 Å². The molecule has 10 rings (SSSR count). The number of nitrogens with zero attached hydrogens (tertiary/aromatic N) is 14. The van der Waals surface area contributed by atoms with Crippen molar-refractivity contribution in [1.82, 2.24) is 58.7 Å². The van der Waals surface area contributed by atoms with Gasteiger partial charge in [0.2, 0.25) is 11.8 Å². The zero-order valence-corrected chi connectivity index (χ0v) is 51.0. The Morgan fingerprint density at radius 2 is 1.09 bits per heavy atom. The van der Waals surface area contributed by atoms with Crippen LogP contribution in [0, 0.1) is 38.2 Å². The molecular weight excluding hydrogens is 1100 g/mol. The minimum absolute atomic E-state index is 0.00678. The highest BCUT2D eigenvalue weighted by molar-refractivity contribution is 5.92. The predicted molar refractivity (Wildman–Crippen MR) is 331 cm³/mol. The molecule has 0 bridgehead atoms. The van der Waals surface area contributed by atoms with Gasteiger partial charge in [0.05, 0.1) is 39.5 Å². The first kappa shape index (κ1) is 61.6. The van der Waals surface area contributed by atoms with Gasteiger partial charge in [-0.25, -0.2) is 46.8 Å². The lowest BCUT2D eigenvalue weighted by atomic mass is 10.0. The summed E-state index contributed by atoms with van der Waals surface area (Å²) in [7, 11) is 3.86. The Hall–Kier alpha value is -8.98. The van der Waals surface area contributed by atoms with Crippen LogP contribution in [0.3, 0.4) is 0 Å². The maximum absolute atomic E-state index is 15.9. The highest BCUT2D eigenvalue weighted by atomic mass is 19.1. The van der Waals surface area contributed by atoms with Crippen LogP contribution in [-0.2, 0) is 9.59 Å². The smallest absolute Gasteiger partial charge is 0.349 e. The van der Waals surface area contributed by atoms with E-state index in [9.17, 15) is 28.0 Å². The number of piperazine rings is 2. The molecule has 6 aromatic heterocycles. The summed E-state index contributed by atoms with van der Waals surface area (Å²) in [6.07, 6.45) is 8.13. The van der Waals surface area contributed by atoms with Crippen LogP contribution < -0.4 is 21.2 Å². The lowest BCUT2D eigenvalue weighted by Gasteiger charge is -2.44. The number of likely N-dealkylation sites (N-methyl/N-ethyl adjacent to an activating group) is 1. The zero-order chi connectivity index (χ0) is 62.2. The molecule has 2 fully saturated rings. The number of anilines is 2. The van der Waals surface area contributed by atoms with Crippen LogP contribution >= 0.6 is 0 Å². The van der Waals surface area contributed by atoms with Crippen LogP contribution in [0.5, 0.6) is 0 Å². The van der Waals surface area contributed by atoms with Crippen molar-refractivity contribution in [1.29, 1.82) is 0 Å². The molecule has 448 valence electrons. The minimum Gasteiger partial charge on any atom is -0.349 e. The molecule has 2 amide bonds. The van der Waals surface area contributed by atoms with Gasteiger partial charge in [-0.2, -0.15) is 9.97 Å². The lowest BCUT2D eigenvalue weighted by Crippen LogP contribution is -2.58. The second-order valence-electron chi connectivity index (χ2n) is 23.2. The molecule has 8 heterocycles. The number of fused-ring (bicyclic) bond motifs is 2. The first-order valence-corrected chi connectivity index (χ1v) is 28.9. The number of amides is 2. The van der Waals surface area contributed by atoms with E-state index >= 15 is 4.39 Å². The summed E-state index contributed by atoms with van der Waals surface area (Å²) in [4.78, 5) is 95.8. The number of aryl methyl sites for hydroxylation is 3. The number of pyridine rings is 3. The average Bonchev–Trinajstić information content (AvgIpc) is 0.774. The van der Waals surface area contributed by atoms with Gasteiger partial charge in [-0.3, -0.25) is 19.6 Å². The molecule has 0 N–H and O–H groups in total. The van der Waals surface area contributed by atoms with E-state index in [1.807, 2.05) is 110 Å². The van der Waals surface area contributed by atoms with Gasteiger partial charge in [0.1, 0.15) is 34.5 Å². The minimum atomic E-state index is -0.742. The third-order valence-electron chi connectivity index (χ3n) is 15.8. The van der Waals surface area contributed by atoms with E-state index < -0.39 is 28.8 Å². The SMILES string of the molecule is C=CC(=O)N1CC(C)N(c2nc(=O)n(-c3c(C)ccnc3C(C)C)c3nc(-c4ccccc4F)c(C)nc23)CC1C.Cc1ccnc(C(C)C)c1-n1c(=O)nc(N2CC(C)N(C(=O)/C=C\CN(C)C)CC2C)c2cc(F)c(-c3ccccc3F)nc21. The Kier molecular flexibility index (Phi) is 18.1. The highest BCUT2D eigenvalue weighted by Gasteiger charge is 2.37. The molecule has 2 aliphatic heterocycles. The van der Waals surface area contributed by atoms with E-state index in [-0.39, 0.29) is 76.2 Å². The Morgan fingerprint density at radius 3 is 1.60 bits per heavy atom. The summed E-state index contributed by atoms with van der Waals surface area (Å²) in [5.74, 6) is -1.44. The van der Waals surface area contributed by atoms with Crippen molar-refractivity contribution in [2.75, 3.05) is 56.6 Å².